The van der Waals surface area contributed by atoms with E-state index in [1.54, 1.807) is 13.8 Å². The molecule has 0 aromatic carbocycles. The van der Waals surface area contributed by atoms with Crippen LogP contribution in [0.3, 0.4) is 0 Å². The lowest BCUT2D eigenvalue weighted by molar-refractivity contribution is 0.0954. The van der Waals surface area contributed by atoms with Crippen molar-refractivity contribution < 1.29 is 14.6 Å². The van der Waals surface area contributed by atoms with E-state index in [0.29, 0.717) is 0 Å². The third-order valence-corrected chi connectivity index (χ3v) is 1.90. The number of carbonyl (C=O) groups is 1. The molecule has 1 fully saturated rings. The number of carbonyl (C=O) groups excluding carboxylic acids is 1. The number of nitrogens with one attached hydrogen (secondary N) is 1. The topological polar surface area (TPSA) is 58.6 Å². The summed E-state index contributed by atoms with van der Waals surface area (Å²) < 4.78 is 4.76. The van der Waals surface area contributed by atoms with E-state index in [4.69, 9.17) is 9.84 Å². The smallest absolute Gasteiger partial charge is 0.408 e. The Hall–Kier alpha value is -0.770. The number of hydrogen-bond donors (Lipinski definition) is 2. The van der Waals surface area contributed by atoms with E-state index in [1.165, 1.54) is 0 Å². The van der Waals surface area contributed by atoms with Gasteiger partial charge < -0.3 is 15.2 Å². The highest BCUT2D eigenvalue weighted by Crippen LogP contribution is 2.18. The molecule has 0 bridgehead atoms. The van der Waals surface area contributed by atoms with Gasteiger partial charge >= 0.3 is 6.09 Å². The molecule has 0 radical (unpaired) electrons. The largest absolute Gasteiger partial charge is 0.444 e. The first-order valence-electron chi connectivity index (χ1n) is 3.18. The van der Waals surface area contributed by atoms with E-state index in [2.05, 4.69) is 5.32 Å². The van der Waals surface area contributed by atoms with Gasteiger partial charge in [0.05, 0.1) is 6.61 Å². The molecule has 0 saturated carbocycles. The molecule has 1 heterocycles. The SMILES string of the molecule is C[C@H]1OC(=O)N[C@@]1(C)CO. The van der Waals surface area contributed by atoms with Gasteiger partial charge in [0.2, 0.25) is 0 Å². The molecule has 58 valence electrons. The van der Waals surface area contributed by atoms with Crippen molar-refractivity contribution >= 4 is 6.09 Å². The average molecular weight is 145 g/mol. The van der Waals surface area contributed by atoms with Crippen molar-refractivity contribution in [2.75, 3.05) is 6.61 Å². The number of aliphatic hydroxyl groups is 1. The molecule has 10 heavy (non-hydrogen) atoms. The Morgan fingerprint density at radius 3 is 2.70 bits per heavy atom. The summed E-state index contributed by atoms with van der Waals surface area (Å²) in [4.78, 5) is 10.6. The van der Waals surface area contributed by atoms with E-state index < -0.39 is 11.6 Å². The van der Waals surface area contributed by atoms with Gasteiger partial charge in [0.15, 0.2) is 0 Å². The van der Waals surface area contributed by atoms with Crippen LogP contribution >= 0.6 is 0 Å². The van der Waals surface area contributed by atoms with Crippen LogP contribution in [0, 0.1) is 0 Å². The maximum atomic E-state index is 10.6. The summed E-state index contributed by atoms with van der Waals surface area (Å²) in [5.41, 5.74) is -0.600. The monoisotopic (exact) mass is 145 g/mol. The number of amides is 1. The lowest BCUT2D eigenvalue weighted by atomic mass is 9.99. The van der Waals surface area contributed by atoms with E-state index in [-0.39, 0.29) is 12.7 Å². The zero-order valence-electron chi connectivity index (χ0n) is 6.05. The zero-order chi connectivity index (χ0) is 7.78. The van der Waals surface area contributed by atoms with Gasteiger partial charge in [0.1, 0.15) is 11.6 Å². The highest BCUT2D eigenvalue weighted by atomic mass is 16.6. The van der Waals surface area contributed by atoms with Crippen molar-refractivity contribution in [3.8, 4) is 0 Å². The number of aliphatic hydroxyl groups excluding tert-OH is 1. The Bertz CT molecular complexity index is 159. The molecule has 0 aromatic heterocycles. The summed E-state index contributed by atoms with van der Waals surface area (Å²) in [7, 11) is 0. The van der Waals surface area contributed by atoms with Crippen LogP contribution in [0.1, 0.15) is 13.8 Å². The molecular formula is C6H11NO3. The molecule has 1 amide bonds. The molecule has 2 N–H and O–H groups in total. The number of rotatable bonds is 1. The van der Waals surface area contributed by atoms with Crippen molar-refractivity contribution in [2.45, 2.75) is 25.5 Å². The summed E-state index contributed by atoms with van der Waals surface area (Å²) in [6.45, 7) is 3.39. The normalized spacial score (nSPS) is 39.1. The van der Waals surface area contributed by atoms with Crippen LogP contribution in [0.25, 0.3) is 0 Å². The van der Waals surface area contributed by atoms with Crippen LogP contribution in [0.5, 0.6) is 0 Å². The van der Waals surface area contributed by atoms with Gasteiger partial charge in [-0.05, 0) is 13.8 Å². The fourth-order valence-corrected chi connectivity index (χ4v) is 0.823. The molecule has 4 heteroatoms. The van der Waals surface area contributed by atoms with Crippen molar-refractivity contribution in [3.63, 3.8) is 0 Å². The van der Waals surface area contributed by atoms with Gasteiger partial charge in [-0.15, -0.1) is 0 Å². The van der Waals surface area contributed by atoms with E-state index >= 15 is 0 Å². The second kappa shape index (κ2) is 2.12. The lowest BCUT2D eigenvalue weighted by Crippen LogP contribution is -2.47. The predicted octanol–water partition coefficient (Wildman–Crippen LogP) is -0.134. The molecule has 0 spiro atoms. The molecule has 1 saturated heterocycles. The third-order valence-electron chi connectivity index (χ3n) is 1.90. The molecule has 2 atom stereocenters. The average Bonchev–Trinajstić information content (AvgIpc) is 2.09. The summed E-state index contributed by atoms with van der Waals surface area (Å²) in [6.07, 6.45) is -0.714. The Kier molecular flexibility index (Phi) is 1.56. The van der Waals surface area contributed by atoms with Gasteiger partial charge in [-0.1, -0.05) is 0 Å². The molecular weight excluding hydrogens is 134 g/mol. The highest BCUT2D eigenvalue weighted by Gasteiger charge is 2.41. The fourth-order valence-electron chi connectivity index (χ4n) is 0.823. The maximum Gasteiger partial charge on any atom is 0.408 e. The standard InChI is InChI=1S/C6H11NO3/c1-4-6(2,3-8)7-5(9)10-4/h4,8H,3H2,1-2H3,(H,7,9)/t4-,6+/m1/s1. The van der Waals surface area contributed by atoms with Gasteiger partial charge in [0.25, 0.3) is 0 Å². The Balaban J connectivity index is 2.70. The maximum absolute atomic E-state index is 10.6. The third kappa shape index (κ3) is 0.945. The van der Waals surface area contributed by atoms with Gasteiger partial charge in [0, 0.05) is 0 Å². The van der Waals surface area contributed by atoms with Crippen molar-refractivity contribution in [1.29, 1.82) is 0 Å². The molecule has 0 aromatic rings. The van der Waals surface area contributed by atoms with Crippen molar-refractivity contribution in [3.05, 3.63) is 0 Å². The number of hydrogen-bond acceptors (Lipinski definition) is 3. The molecule has 1 aliphatic rings. The number of cyclic esters (lactones) is 1. The zero-order valence-corrected chi connectivity index (χ0v) is 6.05. The second-order valence-corrected chi connectivity index (χ2v) is 2.75. The molecule has 1 rings (SSSR count). The molecule has 4 nitrogen and oxygen atoms in total. The minimum atomic E-state index is -0.600. The minimum absolute atomic E-state index is 0.0973. The van der Waals surface area contributed by atoms with Crippen LogP contribution in [0.4, 0.5) is 4.79 Å². The van der Waals surface area contributed by atoms with Crippen molar-refractivity contribution in [1.82, 2.24) is 5.32 Å². The van der Waals surface area contributed by atoms with Crippen LogP contribution in [-0.2, 0) is 4.74 Å². The highest BCUT2D eigenvalue weighted by molar-refractivity contribution is 5.71. The lowest BCUT2D eigenvalue weighted by Gasteiger charge is -2.22. The van der Waals surface area contributed by atoms with Crippen LogP contribution in [0.15, 0.2) is 0 Å². The second-order valence-electron chi connectivity index (χ2n) is 2.75. The molecule has 0 unspecified atom stereocenters. The summed E-state index contributed by atoms with van der Waals surface area (Å²) in [5.74, 6) is 0. The molecule has 0 aliphatic carbocycles. The molecule has 1 aliphatic heterocycles. The first kappa shape index (κ1) is 7.34. The van der Waals surface area contributed by atoms with Crippen LogP contribution < -0.4 is 5.32 Å². The van der Waals surface area contributed by atoms with Gasteiger partial charge in [-0.25, -0.2) is 4.79 Å². The van der Waals surface area contributed by atoms with Gasteiger partial charge in [-0.2, -0.15) is 0 Å². The van der Waals surface area contributed by atoms with E-state index in [0.717, 1.165) is 0 Å². The van der Waals surface area contributed by atoms with E-state index in [9.17, 15) is 4.79 Å². The fraction of sp³-hybridized carbons (Fsp3) is 0.833. The van der Waals surface area contributed by atoms with Crippen molar-refractivity contribution in [2.24, 2.45) is 0 Å². The quantitative estimate of drug-likeness (QED) is 0.540. The Labute approximate surface area is 59.2 Å². The predicted molar refractivity (Wildman–Crippen MR) is 34.6 cm³/mol. The number of alkyl carbamates (subject to hydrolysis) is 1. The summed E-state index contributed by atoms with van der Waals surface area (Å²) in [6, 6.07) is 0. The van der Waals surface area contributed by atoms with Crippen LogP contribution in [-0.4, -0.2) is 29.4 Å². The van der Waals surface area contributed by atoms with E-state index in [1.807, 2.05) is 0 Å². The Morgan fingerprint density at radius 2 is 2.50 bits per heavy atom. The number of ether oxygens (including phenoxy) is 1. The van der Waals surface area contributed by atoms with Crippen LogP contribution in [0.2, 0.25) is 0 Å². The summed E-state index contributed by atoms with van der Waals surface area (Å²) in [5, 5.41) is 11.3. The Morgan fingerprint density at radius 1 is 1.90 bits per heavy atom. The first-order chi connectivity index (χ1) is 4.58. The first-order valence-corrected chi connectivity index (χ1v) is 3.18. The summed E-state index contributed by atoms with van der Waals surface area (Å²) >= 11 is 0. The minimum Gasteiger partial charge on any atom is -0.444 e. The van der Waals surface area contributed by atoms with Gasteiger partial charge in [-0.3, -0.25) is 0 Å².